The molecule has 4 aliphatic rings. The molecule has 3 N–H and O–H groups in total. The third-order valence-electron chi connectivity index (χ3n) is 7.44. The molecule has 0 spiro atoms. The van der Waals surface area contributed by atoms with E-state index in [1.807, 2.05) is 0 Å². The summed E-state index contributed by atoms with van der Waals surface area (Å²) in [5.74, 6) is -0.195. The summed E-state index contributed by atoms with van der Waals surface area (Å²) < 4.78 is 55.3. The Morgan fingerprint density at radius 3 is 2.68 bits per heavy atom. The van der Waals surface area contributed by atoms with Gasteiger partial charge >= 0.3 is 6.09 Å². The number of H-pyrrole nitrogens is 1. The van der Waals surface area contributed by atoms with E-state index in [2.05, 4.69) is 30.8 Å². The van der Waals surface area contributed by atoms with Gasteiger partial charge in [0.1, 0.15) is 23.4 Å². The fraction of sp³-hybridized carbons (Fsp3) is 0.360. The van der Waals surface area contributed by atoms with Gasteiger partial charge in [-0.1, -0.05) is 0 Å². The first-order valence-corrected chi connectivity index (χ1v) is 12.2. The van der Waals surface area contributed by atoms with E-state index in [4.69, 9.17) is 9.47 Å². The predicted molar refractivity (Wildman–Crippen MR) is 127 cm³/mol. The monoisotopic (exact) mass is 525 g/mol. The molecule has 4 heterocycles. The standard InChI is InChI=1S/C25H22F3N7O3/c26-14-3-13(4-15(27)5-14)16-7-20-29-1-2-35(20)23(30-16)31-19-6-17(33-34-19)22-21(28)18(11-37-22)38-24(36)32-25-8-12(9-25)10-25/h1-7,12,18,21-22H,8-11H2,(H,32,36)(H2,30,31,33,34)/t12?,18-,21-,22-,25?/m0/s1. The summed E-state index contributed by atoms with van der Waals surface area (Å²) in [6, 6.07) is 6.28. The lowest BCUT2D eigenvalue weighted by atomic mass is 9.50. The number of hydrogen-bond acceptors (Lipinski definition) is 7. The van der Waals surface area contributed by atoms with Crippen LogP contribution in [0.25, 0.3) is 16.9 Å². The van der Waals surface area contributed by atoms with Crippen molar-refractivity contribution >= 4 is 23.5 Å². The summed E-state index contributed by atoms with van der Waals surface area (Å²) in [5, 5.41) is 12.8. The Morgan fingerprint density at radius 1 is 1.16 bits per heavy atom. The van der Waals surface area contributed by atoms with Crippen molar-refractivity contribution in [2.24, 2.45) is 5.92 Å². The van der Waals surface area contributed by atoms with Crippen molar-refractivity contribution in [3.63, 3.8) is 0 Å². The van der Waals surface area contributed by atoms with Gasteiger partial charge in [0.15, 0.2) is 18.1 Å². The van der Waals surface area contributed by atoms with Gasteiger partial charge in [0.05, 0.1) is 18.0 Å². The van der Waals surface area contributed by atoms with Crippen LogP contribution in [0.2, 0.25) is 0 Å². The average Bonchev–Trinajstić information content (AvgIpc) is 3.56. The number of halogens is 3. The van der Waals surface area contributed by atoms with Crippen molar-refractivity contribution < 1.29 is 27.4 Å². The maximum absolute atomic E-state index is 15.2. The van der Waals surface area contributed by atoms with Gasteiger partial charge in [-0.15, -0.1) is 0 Å². The van der Waals surface area contributed by atoms with Crippen LogP contribution in [0.3, 0.4) is 0 Å². The first-order chi connectivity index (χ1) is 18.3. The minimum Gasteiger partial charge on any atom is -0.441 e. The summed E-state index contributed by atoms with van der Waals surface area (Å²) in [4.78, 5) is 21.0. The van der Waals surface area contributed by atoms with Crippen LogP contribution < -0.4 is 10.6 Å². The summed E-state index contributed by atoms with van der Waals surface area (Å²) >= 11 is 0. The topological polar surface area (TPSA) is 118 Å². The van der Waals surface area contributed by atoms with Crippen LogP contribution >= 0.6 is 0 Å². The van der Waals surface area contributed by atoms with Gasteiger partial charge in [-0.25, -0.2) is 27.9 Å². The van der Waals surface area contributed by atoms with E-state index < -0.39 is 36.1 Å². The highest BCUT2D eigenvalue weighted by molar-refractivity contribution is 5.69. The number of hydrogen-bond donors (Lipinski definition) is 3. The minimum atomic E-state index is -1.59. The Kier molecular flexibility index (Phi) is 5.12. The summed E-state index contributed by atoms with van der Waals surface area (Å²) in [5.41, 5.74) is 1.20. The van der Waals surface area contributed by atoms with Gasteiger partial charge < -0.3 is 20.1 Å². The Morgan fingerprint density at radius 2 is 1.95 bits per heavy atom. The molecule has 4 aromatic rings. The highest BCUT2D eigenvalue weighted by Crippen LogP contribution is 2.57. The number of ether oxygens (including phenoxy) is 2. The molecule has 13 heteroatoms. The number of nitrogens with zero attached hydrogens (tertiary/aromatic N) is 4. The Hall–Kier alpha value is -4.13. The second-order valence-electron chi connectivity index (χ2n) is 10.1. The maximum Gasteiger partial charge on any atom is 0.408 e. The van der Waals surface area contributed by atoms with Crippen LogP contribution in [0.15, 0.2) is 42.7 Å². The van der Waals surface area contributed by atoms with E-state index in [-0.39, 0.29) is 23.7 Å². The van der Waals surface area contributed by atoms with Crippen LogP contribution in [-0.2, 0) is 9.47 Å². The highest BCUT2D eigenvalue weighted by Gasteiger charge is 2.58. The van der Waals surface area contributed by atoms with Gasteiger partial charge in [0.2, 0.25) is 5.95 Å². The molecule has 1 aromatic carbocycles. The van der Waals surface area contributed by atoms with Gasteiger partial charge in [-0.05, 0) is 37.3 Å². The molecule has 3 atom stereocenters. The number of alkyl halides is 1. The number of nitrogens with one attached hydrogen (secondary N) is 3. The van der Waals surface area contributed by atoms with Crippen LogP contribution in [0.4, 0.5) is 29.7 Å². The molecule has 4 fully saturated rings. The Bertz CT molecular complexity index is 1520. The van der Waals surface area contributed by atoms with E-state index in [0.717, 1.165) is 25.3 Å². The highest BCUT2D eigenvalue weighted by atomic mass is 19.1. The van der Waals surface area contributed by atoms with Gasteiger partial charge in [0, 0.05) is 41.7 Å². The molecule has 1 aliphatic heterocycles. The third-order valence-corrected chi connectivity index (χ3v) is 7.44. The van der Waals surface area contributed by atoms with Crippen molar-refractivity contribution in [3.05, 3.63) is 60.1 Å². The molecule has 38 heavy (non-hydrogen) atoms. The van der Waals surface area contributed by atoms with E-state index in [1.165, 1.54) is 12.1 Å². The van der Waals surface area contributed by atoms with Crippen LogP contribution in [0.1, 0.15) is 31.1 Å². The number of carbonyl (C=O) groups excluding carboxylic acids is 1. The third kappa shape index (κ3) is 3.93. The number of rotatable bonds is 6. The summed E-state index contributed by atoms with van der Waals surface area (Å²) in [6.45, 7) is -0.0832. The molecular weight excluding hydrogens is 503 g/mol. The fourth-order valence-corrected chi connectivity index (χ4v) is 5.47. The first kappa shape index (κ1) is 23.0. The maximum atomic E-state index is 15.2. The lowest BCUT2D eigenvalue weighted by Crippen LogP contribution is -2.68. The lowest BCUT2D eigenvalue weighted by Gasteiger charge is -2.61. The molecule has 0 radical (unpaired) electrons. The predicted octanol–water partition coefficient (Wildman–Crippen LogP) is 4.20. The molecule has 2 bridgehead atoms. The number of aromatic amines is 1. The van der Waals surface area contributed by atoms with E-state index >= 15 is 4.39 Å². The zero-order chi connectivity index (χ0) is 26.0. The average molecular weight is 525 g/mol. The van der Waals surface area contributed by atoms with Gasteiger partial charge in [-0.3, -0.25) is 9.50 Å². The summed E-state index contributed by atoms with van der Waals surface area (Å²) in [7, 11) is 0. The molecule has 8 rings (SSSR count). The molecule has 3 aliphatic carbocycles. The van der Waals surface area contributed by atoms with E-state index in [1.54, 1.807) is 28.9 Å². The van der Waals surface area contributed by atoms with Crippen LogP contribution in [0.5, 0.6) is 0 Å². The lowest BCUT2D eigenvalue weighted by molar-refractivity contribution is -0.0528. The Labute approximate surface area is 213 Å². The molecule has 1 amide bonds. The number of benzene rings is 1. The molecule has 3 aromatic heterocycles. The molecule has 3 saturated carbocycles. The van der Waals surface area contributed by atoms with E-state index in [0.29, 0.717) is 28.8 Å². The zero-order valence-electron chi connectivity index (χ0n) is 19.8. The number of imidazole rings is 1. The van der Waals surface area contributed by atoms with Crippen molar-refractivity contribution in [1.82, 2.24) is 29.9 Å². The number of amides is 1. The first-order valence-electron chi connectivity index (χ1n) is 12.2. The fourth-order valence-electron chi connectivity index (χ4n) is 5.47. The zero-order valence-corrected chi connectivity index (χ0v) is 19.8. The number of fused-ring (bicyclic) bond motifs is 1. The largest absolute Gasteiger partial charge is 0.441 e. The molecule has 1 saturated heterocycles. The second kappa shape index (κ2) is 8.45. The molecule has 196 valence electrons. The van der Waals surface area contributed by atoms with Gasteiger partial charge in [-0.2, -0.15) is 5.10 Å². The SMILES string of the molecule is O=C(NC12CC(C1)C2)O[C@H]1CO[C@@H](c2cc(Nc3nc(-c4cc(F)cc(F)c4)cc4nccn34)n[nH]2)[C@H]1F. The van der Waals surface area contributed by atoms with E-state index in [9.17, 15) is 13.6 Å². The van der Waals surface area contributed by atoms with Crippen molar-refractivity contribution in [2.75, 3.05) is 11.9 Å². The van der Waals surface area contributed by atoms with Crippen molar-refractivity contribution in [3.8, 4) is 11.3 Å². The normalized spacial score (nSPS) is 27.6. The smallest absolute Gasteiger partial charge is 0.408 e. The Balaban J connectivity index is 1.07. The quantitative estimate of drug-likeness (QED) is 0.345. The minimum absolute atomic E-state index is 0.0832. The molecule has 10 nitrogen and oxygen atoms in total. The van der Waals surface area contributed by atoms with Gasteiger partial charge in [0.25, 0.3) is 0 Å². The molecular formula is C25H22F3N7O3. The number of carbonyl (C=O) groups is 1. The second-order valence-corrected chi connectivity index (χ2v) is 10.1. The number of aromatic nitrogens is 5. The van der Waals surface area contributed by atoms with Crippen LogP contribution in [-0.4, -0.2) is 55.1 Å². The van der Waals surface area contributed by atoms with Crippen LogP contribution in [0, 0.1) is 17.6 Å². The number of alkyl carbamates (subject to hydrolysis) is 1. The van der Waals surface area contributed by atoms with Crippen molar-refractivity contribution in [1.29, 1.82) is 0 Å². The molecule has 0 unspecified atom stereocenters. The summed E-state index contributed by atoms with van der Waals surface area (Å²) in [6.07, 6.45) is 1.82. The number of anilines is 2. The van der Waals surface area contributed by atoms with Crippen molar-refractivity contribution in [2.45, 2.75) is 43.2 Å².